The Hall–Kier alpha value is -0.770. The van der Waals surface area contributed by atoms with Crippen molar-refractivity contribution in [3.63, 3.8) is 0 Å². The number of hydrogen-bond donors (Lipinski definition) is 1. The molecule has 2 fully saturated rings. The van der Waals surface area contributed by atoms with E-state index in [0.29, 0.717) is 6.04 Å². The molecule has 4 nitrogen and oxygen atoms in total. The highest BCUT2D eigenvalue weighted by atomic mass is 16.2. The Kier molecular flexibility index (Phi) is 3.46. The molecule has 2 aliphatic heterocycles. The molecule has 0 aliphatic carbocycles. The molecule has 0 aromatic rings. The van der Waals surface area contributed by atoms with Gasteiger partial charge in [-0.05, 0) is 32.7 Å². The average molecular weight is 211 g/mol. The molecule has 4 heteroatoms. The molecule has 0 aromatic carbocycles. The number of urea groups is 1. The van der Waals surface area contributed by atoms with Gasteiger partial charge < -0.3 is 15.1 Å². The lowest BCUT2D eigenvalue weighted by molar-refractivity contribution is 0.157. The Balaban J connectivity index is 1.92. The summed E-state index contributed by atoms with van der Waals surface area (Å²) in [5, 5.41) is 3.17. The fourth-order valence-corrected chi connectivity index (χ4v) is 2.63. The van der Waals surface area contributed by atoms with Crippen LogP contribution in [0.1, 0.15) is 25.7 Å². The standard InChI is InChI=1S/C11H21N3O/c1-12-9-10-5-4-8-14(10)11(15)13-6-2-3-7-13/h10,12H,2-9H2,1H3. The topological polar surface area (TPSA) is 35.6 Å². The lowest BCUT2D eigenvalue weighted by Gasteiger charge is -2.29. The van der Waals surface area contributed by atoms with Gasteiger partial charge in [0.2, 0.25) is 0 Å². The predicted octanol–water partition coefficient (Wildman–Crippen LogP) is 0.886. The van der Waals surface area contributed by atoms with Gasteiger partial charge in [0.15, 0.2) is 0 Å². The lowest BCUT2D eigenvalue weighted by atomic mass is 10.2. The Morgan fingerprint density at radius 1 is 1.27 bits per heavy atom. The number of rotatable bonds is 2. The van der Waals surface area contributed by atoms with E-state index < -0.39 is 0 Å². The highest BCUT2D eigenvalue weighted by Crippen LogP contribution is 2.20. The van der Waals surface area contributed by atoms with Crippen LogP contribution < -0.4 is 5.32 Å². The fraction of sp³-hybridized carbons (Fsp3) is 0.909. The van der Waals surface area contributed by atoms with Crippen LogP contribution in [0.3, 0.4) is 0 Å². The molecule has 2 rings (SSSR count). The summed E-state index contributed by atoms with van der Waals surface area (Å²) in [5.41, 5.74) is 0. The van der Waals surface area contributed by atoms with Crippen molar-refractivity contribution in [2.75, 3.05) is 33.2 Å². The molecule has 0 saturated carbocycles. The number of carbonyl (C=O) groups excluding carboxylic acids is 1. The minimum atomic E-state index is 0.269. The van der Waals surface area contributed by atoms with Gasteiger partial charge in [-0.1, -0.05) is 0 Å². The van der Waals surface area contributed by atoms with Gasteiger partial charge in [0.25, 0.3) is 0 Å². The maximum absolute atomic E-state index is 12.2. The van der Waals surface area contributed by atoms with Crippen LogP contribution in [0.15, 0.2) is 0 Å². The van der Waals surface area contributed by atoms with Crippen LogP contribution in [0.2, 0.25) is 0 Å². The molecular weight excluding hydrogens is 190 g/mol. The molecule has 0 radical (unpaired) electrons. The zero-order valence-corrected chi connectivity index (χ0v) is 9.54. The van der Waals surface area contributed by atoms with Crippen molar-refractivity contribution in [1.29, 1.82) is 0 Å². The van der Waals surface area contributed by atoms with E-state index in [1.165, 1.54) is 12.8 Å². The number of likely N-dealkylation sites (tertiary alicyclic amines) is 2. The van der Waals surface area contributed by atoms with Crippen molar-refractivity contribution < 1.29 is 4.79 Å². The molecule has 15 heavy (non-hydrogen) atoms. The van der Waals surface area contributed by atoms with Crippen molar-refractivity contribution in [1.82, 2.24) is 15.1 Å². The van der Waals surface area contributed by atoms with E-state index in [-0.39, 0.29) is 6.03 Å². The summed E-state index contributed by atoms with van der Waals surface area (Å²) < 4.78 is 0. The smallest absolute Gasteiger partial charge is 0.320 e. The van der Waals surface area contributed by atoms with Gasteiger partial charge in [-0.2, -0.15) is 0 Å². The van der Waals surface area contributed by atoms with E-state index in [2.05, 4.69) is 10.2 Å². The zero-order valence-electron chi connectivity index (χ0n) is 9.54. The van der Waals surface area contributed by atoms with Crippen LogP contribution in [0.25, 0.3) is 0 Å². The highest BCUT2D eigenvalue weighted by molar-refractivity contribution is 5.75. The maximum Gasteiger partial charge on any atom is 0.320 e. The second kappa shape index (κ2) is 4.84. The molecule has 2 amide bonds. The minimum absolute atomic E-state index is 0.269. The first-order chi connectivity index (χ1) is 7.33. The summed E-state index contributed by atoms with van der Waals surface area (Å²) in [7, 11) is 1.96. The molecule has 0 bridgehead atoms. The second-order valence-corrected chi connectivity index (χ2v) is 4.52. The third kappa shape index (κ3) is 2.25. The number of nitrogens with zero attached hydrogens (tertiary/aromatic N) is 2. The predicted molar refractivity (Wildman–Crippen MR) is 59.9 cm³/mol. The second-order valence-electron chi connectivity index (χ2n) is 4.52. The molecule has 2 heterocycles. The largest absolute Gasteiger partial charge is 0.325 e. The normalized spacial score (nSPS) is 26.3. The first kappa shape index (κ1) is 10.7. The van der Waals surface area contributed by atoms with Crippen LogP contribution in [-0.2, 0) is 0 Å². The molecular formula is C11H21N3O. The number of hydrogen-bond acceptors (Lipinski definition) is 2. The van der Waals surface area contributed by atoms with E-state index in [4.69, 9.17) is 0 Å². The quantitative estimate of drug-likeness (QED) is 0.736. The number of likely N-dealkylation sites (N-methyl/N-ethyl adjacent to an activating group) is 1. The van der Waals surface area contributed by atoms with Crippen LogP contribution in [0, 0.1) is 0 Å². The monoisotopic (exact) mass is 211 g/mol. The van der Waals surface area contributed by atoms with E-state index in [1.54, 1.807) is 0 Å². The molecule has 1 unspecified atom stereocenters. The molecule has 0 spiro atoms. The average Bonchev–Trinajstić information content (AvgIpc) is 2.87. The number of amides is 2. The SMILES string of the molecule is CNCC1CCCN1C(=O)N1CCCC1. The van der Waals surface area contributed by atoms with E-state index in [0.717, 1.165) is 39.0 Å². The third-order valence-corrected chi connectivity index (χ3v) is 3.44. The van der Waals surface area contributed by atoms with Crippen molar-refractivity contribution in [3.05, 3.63) is 0 Å². The Morgan fingerprint density at radius 2 is 2.00 bits per heavy atom. The fourth-order valence-electron chi connectivity index (χ4n) is 2.63. The number of carbonyl (C=O) groups is 1. The summed E-state index contributed by atoms with van der Waals surface area (Å²) in [5.74, 6) is 0. The minimum Gasteiger partial charge on any atom is -0.325 e. The van der Waals surface area contributed by atoms with Crippen LogP contribution in [0.4, 0.5) is 4.79 Å². The molecule has 1 N–H and O–H groups in total. The van der Waals surface area contributed by atoms with Crippen LogP contribution in [-0.4, -0.2) is 55.1 Å². The van der Waals surface area contributed by atoms with Crippen molar-refractivity contribution >= 4 is 6.03 Å². The lowest BCUT2D eigenvalue weighted by Crippen LogP contribution is -2.47. The van der Waals surface area contributed by atoms with E-state index in [1.807, 2.05) is 11.9 Å². The van der Waals surface area contributed by atoms with Crippen molar-refractivity contribution in [2.24, 2.45) is 0 Å². The van der Waals surface area contributed by atoms with Crippen LogP contribution >= 0.6 is 0 Å². The van der Waals surface area contributed by atoms with Crippen molar-refractivity contribution in [3.8, 4) is 0 Å². The van der Waals surface area contributed by atoms with Gasteiger partial charge in [-0.3, -0.25) is 0 Å². The molecule has 2 aliphatic rings. The first-order valence-corrected chi connectivity index (χ1v) is 6.03. The van der Waals surface area contributed by atoms with Gasteiger partial charge in [0.1, 0.15) is 0 Å². The Labute approximate surface area is 91.6 Å². The first-order valence-electron chi connectivity index (χ1n) is 6.03. The van der Waals surface area contributed by atoms with Gasteiger partial charge in [-0.25, -0.2) is 4.79 Å². The Bertz CT molecular complexity index is 226. The van der Waals surface area contributed by atoms with E-state index in [9.17, 15) is 4.79 Å². The maximum atomic E-state index is 12.2. The van der Waals surface area contributed by atoms with E-state index >= 15 is 0 Å². The number of nitrogens with one attached hydrogen (secondary N) is 1. The molecule has 86 valence electrons. The molecule has 0 aromatic heterocycles. The molecule has 1 atom stereocenters. The summed E-state index contributed by atoms with van der Waals surface area (Å²) in [6.45, 7) is 3.80. The zero-order chi connectivity index (χ0) is 10.7. The van der Waals surface area contributed by atoms with Gasteiger partial charge in [0.05, 0.1) is 0 Å². The summed E-state index contributed by atoms with van der Waals surface area (Å²) in [4.78, 5) is 16.2. The summed E-state index contributed by atoms with van der Waals surface area (Å²) in [6, 6.07) is 0.688. The third-order valence-electron chi connectivity index (χ3n) is 3.44. The highest BCUT2D eigenvalue weighted by Gasteiger charge is 2.31. The molecule has 2 saturated heterocycles. The van der Waals surface area contributed by atoms with Crippen LogP contribution in [0.5, 0.6) is 0 Å². The van der Waals surface area contributed by atoms with Gasteiger partial charge in [0, 0.05) is 32.2 Å². The van der Waals surface area contributed by atoms with Gasteiger partial charge >= 0.3 is 6.03 Å². The summed E-state index contributed by atoms with van der Waals surface area (Å²) >= 11 is 0. The van der Waals surface area contributed by atoms with Crippen molar-refractivity contribution in [2.45, 2.75) is 31.7 Å². The van der Waals surface area contributed by atoms with Gasteiger partial charge in [-0.15, -0.1) is 0 Å². The summed E-state index contributed by atoms with van der Waals surface area (Å²) in [6.07, 6.45) is 4.67. The Morgan fingerprint density at radius 3 is 2.67 bits per heavy atom.